The molecule has 0 aliphatic carbocycles. The summed E-state index contributed by atoms with van der Waals surface area (Å²) >= 11 is 0. The van der Waals surface area contributed by atoms with E-state index in [1.54, 1.807) is 19.3 Å². The fraction of sp³-hybridized carbons (Fsp3) is 0.348. The van der Waals surface area contributed by atoms with Gasteiger partial charge in [-0.15, -0.1) is 0 Å². The maximum absolute atomic E-state index is 12.4. The highest BCUT2D eigenvalue weighted by Crippen LogP contribution is 2.31. The van der Waals surface area contributed by atoms with E-state index in [2.05, 4.69) is 12.2 Å². The number of rotatable bonds is 8. The van der Waals surface area contributed by atoms with Gasteiger partial charge in [-0.25, -0.2) is 0 Å². The maximum Gasteiger partial charge on any atom is 0.244 e. The zero-order chi connectivity index (χ0) is 19.8. The minimum Gasteiger partial charge on any atom is -0.493 e. The topological polar surface area (TPSA) is 56.8 Å². The molecule has 0 saturated carbocycles. The van der Waals surface area contributed by atoms with E-state index < -0.39 is 0 Å². The third-order valence-corrected chi connectivity index (χ3v) is 4.65. The minimum absolute atomic E-state index is 0.0361. The molecule has 5 heteroatoms. The summed E-state index contributed by atoms with van der Waals surface area (Å²) in [5.74, 6) is 2.09. The van der Waals surface area contributed by atoms with Crippen molar-refractivity contribution in [1.82, 2.24) is 5.32 Å². The van der Waals surface area contributed by atoms with E-state index in [1.165, 1.54) is 0 Å². The van der Waals surface area contributed by atoms with E-state index in [0.717, 1.165) is 41.9 Å². The van der Waals surface area contributed by atoms with Crippen LogP contribution < -0.4 is 19.5 Å². The van der Waals surface area contributed by atoms with Gasteiger partial charge >= 0.3 is 0 Å². The Labute approximate surface area is 166 Å². The molecule has 1 amide bonds. The lowest BCUT2D eigenvalue weighted by atomic mass is 10.0. The molecule has 0 saturated heterocycles. The quantitative estimate of drug-likeness (QED) is 0.539. The Hall–Kier alpha value is -2.95. The fourth-order valence-corrected chi connectivity index (χ4v) is 3.12. The van der Waals surface area contributed by atoms with Crippen molar-refractivity contribution in [3.63, 3.8) is 0 Å². The molecule has 0 bridgehead atoms. The van der Waals surface area contributed by atoms with Crippen LogP contribution in [0.15, 0.2) is 48.5 Å². The number of nitrogens with one attached hydrogen (secondary N) is 1. The Morgan fingerprint density at radius 2 is 2.11 bits per heavy atom. The van der Waals surface area contributed by atoms with E-state index in [1.807, 2.05) is 42.5 Å². The number of carbonyl (C=O) groups excluding carboxylic acids is 1. The molecule has 0 unspecified atom stereocenters. The number of fused-ring (bicyclic) bond motifs is 1. The summed E-state index contributed by atoms with van der Waals surface area (Å²) in [5.41, 5.74) is 1.90. The van der Waals surface area contributed by atoms with Gasteiger partial charge in [-0.05, 0) is 36.3 Å². The molecule has 0 fully saturated rings. The summed E-state index contributed by atoms with van der Waals surface area (Å²) in [6.07, 6.45) is 6.16. The van der Waals surface area contributed by atoms with Crippen LogP contribution in [-0.2, 0) is 4.79 Å². The van der Waals surface area contributed by atoms with Gasteiger partial charge in [-0.2, -0.15) is 0 Å². The van der Waals surface area contributed by atoms with Gasteiger partial charge in [0.05, 0.1) is 26.4 Å². The summed E-state index contributed by atoms with van der Waals surface area (Å²) in [7, 11) is 1.62. The van der Waals surface area contributed by atoms with Crippen LogP contribution in [0.4, 0.5) is 0 Å². The molecule has 1 N–H and O–H groups in total. The van der Waals surface area contributed by atoms with E-state index >= 15 is 0 Å². The normalized spacial score (nSPS) is 15.6. The smallest absolute Gasteiger partial charge is 0.244 e. The monoisotopic (exact) mass is 381 g/mol. The number of unbranched alkanes of at least 4 members (excludes halogenated alkanes) is 1. The number of hydrogen-bond acceptors (Lipinski definition) is 4. The molecule has 1 heterocycles. The third kappa shape index (κ3) is 5.06. The van der Waals surface area contributed by atoms with Gasteiger partial charge in [0.1, 0.15) is 5.75 Å². The van der Waals surface area contributed by atoms with Crippen LogP contribution in [0.25, 0.3) is 6.08 Å². The van der Waals surface area contributed by atoms with Crippen LogP contribution in [0.2, 0.25) is 0 Å². The summed E-state index contributed by atoms with van der Waals surface area (Å²) in [6.45, 7) is 3.39. The molecule has 148 valence electrons. The Bertz CT molecular complexity index is 831. The van der Waals surface area contributed by atoms with Crippen molar-refractivity contribution in [3.05, 3.63) is 59.7 Å². The van der Waals surface area contributed by atoms with Crippen LogP contribution in [0.3, 0.4) is 0 Å². The number of hydrogen-bond donors (Lipinski definition) is 1. The zero-order valence-corrected chi connectivity index (χ0v) is 16.4. The molecule has 0 aromatic heterocycles. The molecule has 1 aliphatic heterocycles. The first kappa shape index (κ1) is 19.8. The van der Waals surface area contributed by atoms with E-state index in [-0.39, 0.29) is 11.9 Å². The maximum atomic E-state index is 12.4. The Morgan fingerprint density at radius 1 is 1.25 bits per heavy atom. The SMILES string of the molecule is CCCCOc1ccc(/C=C/C(=O)N[C@H]2CCOc3ccccc32)cc1OC. The standard InChI is InChI=1S/C23H27NO4/c1-3-4-14-27-21-11-9-17(16-22(21)26-2)10-12-23(25)24-19-13-15-28-20-8-6-5-7-18(19)20/h5-12,16,19H,3-4,13-15H2,1-2H3,(H,24,25)/b12-10+/t19-/m0/s1. The average molecular weight is 381 g/mol. The largest absolute Gasteiger partial charge is 0.493 e. The number of methoxy groups -OCH3 is 1. The van der Waals surface area contributed by atoms with Gasteiger partial charge in [0.2, 0.25) is 5.91 Å². The van der Waals surface area contributed by atoms with Gasteiger partial charge in [0, 0.05) is 18.1 Å². The molecule has 0 spiro atoms. The van der Waals surface area contributed by atoms with Crippen LogP contribution in [-0.4, -0.2) is 26.2 Å². The highest BCUT2D eigenvalue weighted by Gasteiger charge is 2.21. The molecule has 1 aliphatic rings. The second-order valence-electron chi connectivity index (χ2n) is 6.68. The highest BCUT2D eigenvalue weighted by atomic mass is 16.5. The molecule has 3 rings (SSSR count). The predicted molar refractivity (Wildman–Crippen MR) is 110 cm³/mol. The Morgan fingerprint density at radius 3 is 2.93 bits per heavy atom. The van der Waals surface area contributed by atoms with Crippen LogP contribution in [0.5, 0.6) is 17.2 Å². The van der Waals surface area contributed by atoms with Gasteiger partial charge < -0.3 is 19.5 Å². The number of ether oxygens (including phenoxy) is 3. The molecule has 1 atom stereocenters. The van der Waals surface area contributed by atoms with Crippen LogP contribution in [0.1, 0.15) is 43.4 Å². The van der Waals surface area contributed by atoms with Crippen molar-refractivity contribution < 1.29 is 19.0 Å². The summed E-state index contributed by atoms with van der Waals surface area (Å²) in [4.78, 5) is 12.4. The molecule has 2 aromatic rings. The van der Waals surface area contributed by atoms with Gasteiger partial charge in [0.15, 0.2) is 11.5 Å². The van der Waals surface area contributed by atoms with Crippen LogP contribution in [0, 0.1) is 0 Å². The van der Waals surface area contributed by atoms with Gasteiger partial charge in [-0.1, -0.05) is 37.6 Å². The second-order valence-corrected chi connectivity index (χ2v) is 6.68. The summed E-state index contributed by atoms with van der Waals surface area (Å²) < 4.78 is 16.8. The van der Waals surface area contributed by atoms with Crippen molar-refractivity contribution in [1.29, 1.82) is 0 Å². The molecular formula is C23H27NO4. The van der Waals surface area contributed by atoms with Crippen molar-refractivity contribution in [3.8, 4) is 17.2 Å². The second kappa shape index (κ2) is 9.83. The molecular weight excluding hydrogens is 354 g/mol. The lowest BCUT2D eigenvalue weighted by Crippen LogP contribution is -2.30. The number of para-hydroxylation sites is 1. The van der Waals surface area contributed by atoms with Crippen molar-refractivity contribution >= 4 is 12.0 Å². The van der Waals surface area contributed by atoms with Crippen LogP contribution >= 0.6 is 0 Å². The minimum atomic E-state index is -0.135. The first-order valence-electron chi connectivity index (χ1n) is 9.72. The lowest BCUT2D eigenvalue weighted by molar-refractivity contribution is -0.117. The third-order valence-electron chi connectivity index (χ3n) is 4.65. The fourth-order valence-electron chi connectivity index (χ4n) is 3.12. The van der Waals surface area contributed by atoms with Gasteiger partial charge in [-0.3, -0.25) is 4.79 Å². The van der Waals surface area contributed by atoms with Crippen molar-refractivity contribution in [2.45, 2.75) is 32.2 Å². The molecule has 2 aromatic carbocycles. The summed E-state index contributed by atoms with van der Waals surface area (Å²) in [6, 6.07) is 13.4. The highest BCUT2D eigenvalue weighted by molar-refractivity contribution is 5.92. The molecule has 5 nitrogen and oxygen atoms in total. The number of amides is 1. The first-order valence-corrected chi connectivity index (χ1v) is 9.72. The van der Waals surface area contributed by atoms with E-state index in [9.17, 15) is 4.79 Å². The van der Waals surface area contributed by atoms with Crippen molar-refractivity contribution in [2.24, 2.45) is 0 Å². The van der Waals surface area contributed by atoms with E-state index in [4.69, 9.17) is 14.2 Å². The zero-order valence-electron chi connectivity index (χ0n) is 16.4. The van der Waals surface area contributed by atoms with Crippen molar-refractivity contribution in [2.75, 3.05) is 20.3 Å². The summed E-state index contributed by atoms with van der Waals surface area (Å²) in [5, 5.41) is 3.06. The number of carbonyl (C=O) groups is 1. The van der Waals surface area contributed by atoms with E-state index in [0.29, 0.717) is 19.0 Å². The Kier molecular flexibility index (Phi) is 6.95. The molecule has 28 heavy (non-hydrogen) atoms. The average Bonchev–Trinajstić information content (AvgIpc) is 2.73. The first-order chi connectivity index (χ1) is 13.7. The number of benzene rings is 2. The lowest BCUT2D eigenvalue weighted by Gasteiger charge is -2.26. The van der Waals surface area contributed by atoms with Gasteiger partial charge in [0.25, 0.3) is 0 Å². The predicted octanol–water partition coefficient (Wildman–Crippen LogP) is 4.53. The Balaban J connectivity index is 1.63. The molecule has 0 radical (unpaired) electrons.